The summed E-state index contributed by atoms with van der Waals surface area (Å²) in [5.74, 6) is -2.69. The van der Waals surface area contributed by atoms with E-state index in [9.17, 15) is 15.0 Å². The van der Waals surface area contributed by atoms with Crippen molar-refractivity contribution in [3.05, 3.63) is 47.7 Å². The SMILES string of the molecule is COc1ccc(OC)c(C(=O)C2C=CC(O)=CC2(O)OC)c1. The van der Waals surface area contributed by atoms with Crippen LogP contribution < -0.4 is 9.47 Å². The lowest BCUT2D eigenvalue weighted by Crippen LogP contribution is -2.43. The van der Waals surface area contributed by atoms with E-state index >= 15 is 0 Å². The lowest BCUT2D eigenvalue weighted by atomic mass is 9.85. The Kier molecular flexibility index (Phi) is 4.54. The third-order valence-electron chi connectivity index (χ3n) is 3.54. The van der Waals surface area contributed by atoms with Gasteiger partial charge in [0, 0.05) is 13.2 Å². The number of rotatable bonds is 5. The zero-order valence-electron chi connectivity index (χ0n) is 12.6. The van der Waals surface area contributed by atoms with Crippen molar-refractivity contribution in [2.75, 3.05) is 21.3 Å². The lowest BCUT2D eigenvalue weighted by Gasteiger charge is -2.31. The molecular weight excluding hydrogens is 288 g/mol. The van der Waals surface area contributed by atoms with Gasteiger partial charge in [0.1, 0.15) is 17.3 Å². The van der Waals surface area contributed by atoms with Crippen molar-refractivity contribution in [3.63, 3.8) is 0 Å². The van der Waals surface area contributed by atoms with Gasteiger partial charge in [-0.05, 0) is 24.3 Å². The molecule has 1 aliphatic carbocycles. The predicted octanol–water partition coefficient (Wildman–Crippen LogP) is 1.85. The molecule has 1 aromatic rings. The largest absolute Gasteiger partial charge is 0.508 e. The predicted molar refractivity (Wildman–Crippen MR) is 79.2 cm³/mol. The van der Waals surface area contributed by atoms with Gasteiger partial charge in [0.15, 0.2) is 5.78 Å². The molecule has 2 N–H and O–H groups in total. The summed E-state index contributed by atoms with van der Waals surface area (Å²) in [7, 11) is 4.19. The van der Waals surface area contributed by atoms with Gasteiger partial charge in [-0.1, -0.05) is 6.08 Å². The Bertz CT molecular complexity index is 634. The van der Waals surface area contributed by atoms with Crippen molar-refractivity contribution in [1.82, 2.24) is 0 Å². The summed E-state index contributed by atoms with van der Waals surface area (Å²) >= 11 is 0. The standard InChI is InChI=1S/C16H18O6/c1-20-11-5-7-14(21-2)12(8-11)15(18)13-6-4-10(17)9-16(13,19)22-3/h4-9,13,17,19H,1-3H3. The molecule has 2 atom stereocenters. The fourth-order valence-electron chi connectivity index (χ4n) is 2.32. The zero-order chi connectivity index (χ0) is 16.3. The number of carbonyl (C=O) groups is 1. The molecule has 1 aromatic carbocycles. The van der Waals surface area contributed by atoms with Gasteiger partial charge in [-0.15, -0.1) is 0 Å². The Morgan fingerprint density at radius 2 is 1.95 bits per heavy atom. The Balaban J connectivity index is 2.45. The minimum atomic E-state index is -1.93. The van der Waals surface area contributed by atoms with Gasteiger partial charge >= 0.3 is 0 Å². The first-order valence-corrected chi connectivity index (χ1v) is 6.59. The summed E-state index contributed by atoms with van der Waals surface area (Å²) in [6.07, 6.45) is 3.81. The molecule has 0 aromatic heterocycles. The zero-order valence-corrected chi connectivity index (χ0v) is 12.6. The fraction of sp³-hybridized carbons (Fsp3) is 0.312. The van der Waals surface area contributed by atoms with Crippen LogP contribution in [-0.2, 0) is 4.74 Å². The number of ketones is 1. The van der Waals surface area contributed by atoms with Crippen LogP contribution in [0.5, 0.6) is 11.5 Å². The van der Waals surface area contributed by atoms with Crippen LogP contribution in [0, 0.1) is 5.92 Å². The monoisotopic (exact) mass is 306 g/mol. The van der Waals surface area contributed by atoms with Crippen LogP contribution in [-0.4, -0.2) is 43.1 Å². The van der Waals surface area contributed by atoms with Gasteiger partial charge in [-0.25, -0.2) is 0 Å². The van der Waals surface area contributed by atoms with Gasteiger partial charge in [0.25, 0.3) is 0 Å². The molecular formula is C16H18O6. The summed E-state index contributed by atoms with van der Waals surface area (Å²) in [4.78, 5) is 12.8. The number of hydrogen-bond donors (Lipinski definition) is 2. The van der Waals surface area contributed by atoms with E-state index in [0.29, 0.717) is 11.5 Å². The highest BCUT2D eigenvalue weighted by Crippen LogP contribution is 2.34. The van der Waals surface area contributed by atoms with Gasteiger partial charge in [0.05, 0.1) is 25.7 Å². The molecule has 0 fully saturated rings. The number of methoxy groups -OCH3 is 3. The van der Waals surface area contributed by atoms with Crippen molar-refractivity contribution >= 4 is 5.78 Å². The summed E-state index contributed by atoms with van der Waals surface area (Å²) in [6.45, 7) is 0. The quantitative estimate of drug-likeness (QED) is 0.638. The van der Waals surface area contributed by atoms with E-state index in [2.05, 4.69) is 0 Å². The highest BCUT2D eigenvalue weighted by Gasteiger charge is 2.42. The Morgan fingerprint density at radius 3 is 2.55 bits per heavy atom. The van der Waals surface area contributed by atoms with Gasteiger partial charge < -0.3 is 24.4 Å². The number of ether oxygens (including phenoxy) is 3. The van der Waals surface area contributed by atoms with Gasteiger partial charge in [-0.3, -0.25) is 4.79 Å². The van der Waals surface area contributed by atoms with E-state index in [0.717, 1.165) is 6.08 Å². The molecule has 6 nitrogen and oxygen atoms in total. The molecule has 0 spiro atoms. The molecule has 0 saturated heterocycles. The molecule has 6 heteroatoms. The Labute approximate surface area is 128 Å². The number of aliphatic hydroxyl groups is 2. The van der Waals surface area contributed by atoms with Crippen LogP contribution in [0.2, 0.25) is 0 Å². The van der Waals surface area contributed by atoms with Crippen LogP contribution in [0.3, 0.4) is 0 Å². The average molecular weight is 306 g/mol. The highest BCUT2D eigenvalue weighted by atomic mass is 16.6. The summed E-state index contributed by atoms with van der Waals surface area (Å²) in [5.41, 5.74) is 0.252. The molecule has 2 rings (SSSR count). The van der Waals surface area contributed by atoms with Gasteiger partial charge in [-0.2, -0.15) is 0 Å². The molecule has 0 heterocycles. The molecule has 22 heavy (non-hydrogen) atoms. The van der Waals surface area contributed by atoms with E-state index in [1.54, 1.807) is 12.1 Å². The minimum absolute atomic E-state index is 0.175. The molecule has 0 aliphatic heterocycles. The average Bonchev–Trinajstić information content (AvgIpc) is 2.53. The van der Waals surface area contributed by atoms with E-state index in [1.807, 2.05) is 0 Å². The summed E-state index contributed by atoms with van der Waals surface area (Å²) in [5, 5.41) is 19.9. The molecule has 2 unspecified atom stereocenters. The highest BCUT2D eigenvalue weighted by molar-refractivity contribution is 6.02. The van der Waals surface area contributed by atoms with Crippen LogP contribution in [0.4, 0.5) is 0 Å². The van der Waals surface area contributed by atoms with E-state index < -0.39 is 17.5 Å². The Hall–Kier alpha value is -2.31. The van der Waals surface area contributed by atoms with Gasteiger partial charge in [0.2, 0.25) is 5.79 Å². The molecule has 118 valence electrons. The Morgan fingerprint density at radius 1 is 1.23 bits per heavy atom. The number of aliphatic hydroxyl groups excluding tert-OH is 1. The third-order valence-corrected chi connectivity index (χ3v) is 3.54. The van der Waals surface area contributed by atoms with Crippen molar-refractivity contribution < 1.29 is 29.2 Å². The van der Waals surface area contributed by atoms with Crippen molar-refractivity contribution in [3.8, 4) is 11.5 Å². The van der Waals surface area contributed by atoms with Crippen LogP contribution in [0.25, 0.3) is 0 Å². The van der Waals surface area contributed by atoms with E-state index in [-0.39, 0.29) is 11.3 Å². The maximum absolute atomic E-state index is 12.8. The normalized spacial score (nSPS) is 23.8. The second-order valence-corrected chi connectivity index (χ2v) is 4.79. The number of carbonyl (C=O) groups excluding carboxylic acids is 1. The van der Waals surface area contributed by atoms with Crippen molar-refractivity contribution in [1.29, 1.82) is 0 Å². The molecule has 0 amide bonds. The van der Waals surface area contributed by atoms with Crippen molar-refractivity contribution in [2.45, 2.75) is 5.79 Å². The van der Waals surface area contributed by atoms with E-state index in [4.69, 9.17) is 14.2 Å². The molecule has 0 bridgehead atoms. The maximum atomic E-state index is 12.8. The molecule has 0 radical (unpaired) electrons. The lowest BCUT2D eigenvalue weighted by molar-refractivity contribution is -0.164. The van der Waals surface area contributed by atoms with Crippen molar-refractivity contribution in [2.24, 2.45) is 5.92 Å². The smallest absolute Gasteiger partial charge is 0.202 e. The van der Waals surface area contributed by atoms with E-state index in [1.165, 1.54) is 39.5 Å². The third kappa shape index (κ3) is 2.84. The molecule has 0 saturated carbocycles. The second-order valence-electron chi connectivity index (χ2n) is 4.79. The number of benzene rings is 1. The minimum Gasteiger partial charge on any atom is -0.508 e. The first-order valence-electron chi connectivity index (χ1n) is 6.59. The first kappa shape index (κ1) is 16.1. The van der Waals surface area contributed by atoms with Crippen LogP contribution in [0.15, 0.2) is 42.2 Å². The topological polar surface area (TPSA) is 85.2 Å². The summed E-state index contributed by atoms with van der Waals surface area (Å²) in [6, 6.07) is 4.81. The maximum Gasteiger partial charge on any atom is 0.202 e. The van der Waals surface area contributed by atoms with Crippen LogP contribution in [0.1, 0.15) is 10.4 Å². The van der Waals surface area contributed by atoms with Crippen LogP contribution >= 0.6 is 0 Å². The second kappa shape index (κ2) is 6.21. The number of Topliss-reactive ketones (excluding diaryl/α,β-unsaturated/α-hetero) is 1. The summed E-state index contributed by atoms with van der Waals surface area (Å²) < 4.78 is 15.3. The fourth-order valence-corrected chi connectivity index (χ4v) is 2.32. The molecule has 1 aliphatic rings. The number of allylic oxidation sites excluding steroid dienone is 1. The number of hydrogen-bond acceptors (Lipinski definition) is 6. The first-order chi connectivity index (χ1) is 10.4.